The lowest BCUT2D eigenvalue weighted by atomic mass is 9.99. The van der Waals surface area contributed by atoms with Crippen LogP contribution in [0.25, 0.3) is 0 Å². The van der Waals surface area contributed by atoms with Crippen LogP contribution in [0.15, 0.2) is 65.7 Å². The zero-order chi connectivity index (χ0) is 28.2. The van der Waals surface area contributed by atoms with E-state index in [9.17, 15) is 19.2 Å². The second-order valence-electron chi connectivity index (χ2n) is 9.62. The third-order valence-electron chi connectivity index (χ3n) is 6.06. The van der Waals surface area contributed by atoms with E-state index < -0.39 is 41.9 Å². The number of alkyl carbamates (subject to hydrolysis) is 1. The number of aliphatic imine (C=N–C) groups is 1. The van der Waals surface area contributed by atoms with Gasteiger partial charge in [-0.1, -0.05) is 74.5 Å². The van der Waals surface area contributed by atoms with Crippen molar-refractivity contribution in [3.05, 3.63) is 71.8 Å². The lowest BCUT2D eigenvalue weighted by molar-refractivity contribution is -0.142. The molecule has 0 spiro atoms. The smallest absolute Gasteiger partial charge is 0.408 e. The van der Waals surface area contributed by atoms with Crippen molar-refractivity contribution in [1.29, 1.82) is 0 Å². The monoisotopic (exact) mass is 537 g/mol. The number of carbonyl (C=O) groups excluding carboxylic acids is 4. The maximum absolute atomic E-state index is 13.4. The molecule has 10 nitrogen and oxygen atoms in total. The number of aryl methyl sites for hydroxylation is 1. The van der Waals surface area contributed by atoms with Crippen molar-refractivity contribution >= 4 is 29.7 Å². The number of rotatable bonds is 13. The first-order valence-corrected chi connectivity index (χ1v) is 12.9. The van der Waals surface area contributed by atoms with Gasteiger partial charge in [0.05, 0.1) is 13.2 Å². The number of Topliss-reactive ketones (excluding diaryl/α,β-unsaturated/α-hetero) is 1. The Bertz CT molecular complexity index is 1150. The van der Waals surface area contributed by atoms with E-state index in [1.807, 2.05) is 74.5 Å². The van der Waals surface area contributed by atoms with Crippen molar-refractivity contribution in [2.45, 2.75) is 57.8 Å². The highest BCUT2D eigenvalue weighted by Crippen LogP contribution is 2.13. The molecule has 0 bridgehead atoms. The molecule has 39 heavy (non-hydrogen) atoms. The van der Waals surface area contributed by atoms with Crippen LogP contribution in [-0.2, 0) is 41.6 Å². The molecule has 1 unspecified atom stereocenters. The molecule has 0 fully saturated rings. The molecule has 3 rings (SSSR count). The van der Waals surface area contributed by atoms with E-state index in [1.54, 1.807) is 0 Å². The summed E-state index contributed by atoms with van der Waals surface area (Å²) in [6.45, 7) is 3.78. The van der Waals surface area contributed by atoms with Crippen molar-refractivity contribution in [2.75, 3.05) is 13.7 Å². The molecule has 10 heteroatoms. The molecule has 0 aliphatic carbocycles. The number of amides is 2. The number of carbonyl (C=O) groups is 4. The molecule has 3 atom stereocenters. The molecule has 208 valence electrons. The third kappa shape index (κ3) is 9.24. The van der Waals surface area contributed by atoms with Crippen molar-refractivity contribution in [3.8, 4) is 0 Å². The minimum atomic E-state index is -0.996. The van der Waals surface area contributed by atoms with Gasteiger partial charge in [-0.25, -0.2) is 14.6 Å². The van der Waals surface area contributed by atoms with Crippen molar-refractivity contribution in [2.24, 2.45) is 10.9 Å². The van der Waals surface area contributed by atoms with Crippen LogP contribution < -0.4 is 10.6 Å². The van der Waals surface area contributed by atoms with Crippen LogP contribution in [0.1, 0.15) is 37.8 Å². The Balaban J connectivity index is 1.71. The number of hydrogen-bond acceptors (Lipinski definition) is 8. The summed E-state index contributed by atoms with van der Waals surface area (Å²) in [5.74, 6) is -1.87. The SMILES string of the molecule is COC(=O)C1COC(C(=O)[C@H](CCc2ccccc2)NC(=O)[C@H](CC(C)C)NC(=O)OCc2ccccc2)=N1. The normalized spacial score (nSPS) is 15.9. The topological polar surface area (TPSA) is 132 Å². The highest BCUT2D eigenvalue weighted by atomic mass is 16.5. The Hall–Kier alpha value is -4.21. The lowest BCUT2D eigenvalue weighted by Crippen LogP contribution is -2.53. The summed E-state index contributed by atoms with van der Waals surface area (Å²) >= 11 is 0. The number of esters is 1. The fraction of sp³-hybridized carbons (Fsp3) is 0.414. The van der Waals surface area contributed by atoms with E-state index in [0.717, 1.165) is 11.1 Å². The molecule has 2 amide bonds. The zero-order valence-electron chi connectivity index (χ0n) is 22.4. The summed E-state index contributed by atoms with van der Waals surface area (Å²) in [7, 11) is 1.23. The molecule has 1 aliphatic rings. The molecule has 0 radical (unpaired) electrons. The van der Waals surface area contributed by atoms with Gasteiger partial charge in [0, 0.05) is 0 Å². The number of nitrogens with zero attached hydrogens (tertiary/aromatic N) is 1. The summed E-state index contributed by atoms with van der Waals surface area (Å²) in [4.78, 5) is 55.1. The molecule has 0 aromatic heterocycles. The summed E-state index contributed by atoms with van der Waals surface area (Å²) < 4.78 is 15.4. The predicted octanol–water partition coefficient (Wildman–Crippen LogP) is 2.98. The number of ketones is 1. The summed E-state index contributed by atoms with van der Waals surface area (Å²) in [6.07, 6.45) is 0.337. The summed E-state index contributed by atoms with van der Waals surface area (Å²) in [6, 6.07) is 15.8. The van der Waals surface area contributed by atoms with Gasteiger partial charge in [-0.05, 0) is 36.3 Å². The van der Waals surface area contributed by atoms with E-state index in [4.69, 9.17) is 9.47 Å². The van der Waals surface area contributed by atoms with Crippen LogP contribution in [-0.4, -0.2) is 61.5 Å². The molecule has 1 aliphatic heterocycles. The first-order chi connectivity index (χ1) is 18.8. The maximum atomic E-state index is 13.4. The molecule has 1 heterocycles. The number of methoxy groups -OCH3 is 1. The Morgan fingerprint density at radius 2 is 1.59 bits per heavy atom. The van der Waals surface area contributed by atoms with Crippen LogP contribution in [0.4, 0.5) is 4.79 Å². The van der Waals surface area contributed by atoms with Gasteiger partial charge >= 0.3 is 12.1 Å². The number of hydrogen-bond donors (Lipinski definition) is 2. The first kappa shape index (κ1) is 29.3. The number of ether oxygens (including phenoxy) is 3. The van der Waals surface area contributed by atoms with Gasteiger partial charge in [0.15, 0.2) is 6.04 Å². The van der Waals surface area contributed by atoms with Crippen molar-refractivity contribution < 1.29 is 33.4 Å². The van der Waals surface area contributed by atoms with Gasteiger partial charge in [0.2, 0.25) is 11.7 Å². The Morgan fingerprint density at radius 1 is 0.949 bits per heavy atom. The number of nitrogens with one attached hydrogen (secondary N) is 2. The molecule has 0 saturated carbocycles. The molecule has 2 aromatic rings. The van der Waals surface area contributed by atoms with Gasteiger partial charge in [0.25, 0.3) is 5.90 Å². The van der Waals surface area contributed by atoms with Crippen molar-refractivity contribution in [3.63, 3.8) is 0 Å². The molecule has 0 saturated heterocycles. The number of benzene rings is 2. The van der Waals surface area contributed by atoms with Crippen LogP contribution in [0.3, 0.4) is 0 Å². The standard InChI is InChI=1S/C29H35N3O7/c1-19(2)16-23(32-29(36)39-17-21-12-8-5-9-13-21)26(34)30-22(15-14-20-10-6-4-7-11-20)25(33)27-31-24(18-38-27)28(35)37-3/h4-13,19,22-24H,14-18H2,1-3H3,(H,30,34)(H,32,36)/t22-,23-,24?/m0/s1. The fourth-order valence-electron chi connectivity index (χ4n) is 4.02. The second-order valence-corrected chi connectivity index (χ2v) is 9.62. The first-order valence-electron chi connectivity index (χ1n) is 12.9. The molecule has 2 aromatic carbocycles. The Morgan fingerprint density at radius 3 is 2.21 bits per heavy atom. The van der Waals surface area contributed by atoms with E-state index in [-0.39, 0.29) is 31.5 Å². The van der Waals surface area contributed by atoms with Gasteiger partial charge in [-0.3, -0.25) is 9.59 Å². The van der Waals surface area contributed by atoms with Crippen LogP contribution in [0.5, 0.6) is 0 Å². The van der Waals surface area contributed by atoms with E-state index >= 15 is 0 Å². The Labute approximate surface area is 228 Å². The quantitative estimate of drug-likeness (QED) is 0.376. The van der Waals surface area contributed by atoms with Gasteiger partial charge in [-0.15, -0.1) is 0 Å². The molecular weight excluding hydrogens is 502 g/mol. The maximum Gasteiger partial charge on any atom is 0.408 e. The van der Waals surface area contributed by atoms with Gasteiger partial charge < -0.3 is 24.8 Å². The third-order valence-corrected chi connectivity index (χ3v) is 6.06. The Kier molecular flexibility index (Phi) is 11.0. The summed E-state index contributed by atoms with van der Waals surface area (Å²) in [5, 5.41) is 5.40. The van der Waals surface area contributed by atoms with Crippen LogP contribution in [0, 0.1) is 5.92 Å². The fourth-order valence-corrected chi connectivity index (χ4v) is 4.02. The highest BCUT2D eigenvalue weighted by Gasteiger charge is 2.35. The molecule has 2 N–H and O–H groups in total. The molecular formula is C29H35N3O7. The van der Waals surface area contributed by atoms with Gasteiger partial charge in [0.1, 0.15) is 19.3 Å². The minimum Gasteiger partial charge on any atom is -0.472 e. The minimum absolute atomic E-state index is 0.0550. The van der Waals surface area contributed by atoms with Crippen molar-refractivity contribution in [1.82, 2.24) is 10.6 Å². The van der Waals surface area contributed by atoms with Gasteiger partial charge in [-0.2, -0.15) is 0 Å². The van der Waals surface area contributed by atoms with E-state index in [0.29, 0.717) is 12.8 Å². The summed E-state index contributed by atoms with van der Waals surface area (Å²) in [5.41, 5.74) is 1.79. The zero-order valence-corrected chi connectivity index (χ0v) is 22.4. The lowest BCUT2D eigenvalue weighted by Gasteiger charge is -2.23. The van der Waals surface area contributed by atoms with Crippen LogP contribution in [0.2, 0.25) is 0 Å². The second kappa shape index (κ2) is 14.7. The van der Waals surface area contributed by atoms with E-state index in [1.165, 1.54) is 7.11 Å². The highest BCUT2D eigenvalue weighted by molar-refractivity contribution is 6.39. The van der Waals surface area contributed by atoms with Crippen LogP contribution >= 0.6 is 0 Å². The average Bonchev–Trinajstić information content (AvgIpc) is 3.44. The average molecular weight is 538 g/mol. The van der Waals surface area contributed by atoms with E-state index in [2.05, 4.69) is 20.4 Å². The predicted molar refractivity (Wildman–Crippen MR) is 144 cm³/mol. The largest absolute Gasteiger partial charge is 0.472 e.